The molecule has 0 radical (unpaired) electrons. The molecular weight excluding hydrogens is 228 g/mol. The maximum Gasteiger partial charge on any atom is 0.252 e. The molecule has 1 amide bonds. The Hall–Kier alpha value is -1.49. The van der Waals surface area contributed by atoms with Gasteiger partial charge in [-0.3, -0.25) is 4.79 Å². The second kappa shape index (κ2) is 6.44. The van der Waals surface area contributed by atoms with Crippen molar-refractivity contribution < 1.29 is 4.79 Å². The summed E-state index contributed by atoms with van der Waals surface area (Å²) in [4.78, 5) is 11.9. The number of carbonyl (C=O) groups is 1. The first-order chi connectivity index (χ1) is 8.81. The molecule has 2 unspecified atom stereocenters. The van der Waals surface area contributed by atoms with Crippen LogP contribution in [0.5, 0.6) is 0 Å². The Balaban J connectivity index is 1.85. The van der Waals surface area contributed by atoms with Crippen LogP contribution in [0.2, 0.25) is 0 Å². The molecule has 1 aliphatic carbocycles. The summed E-state index contributed by atoms with van der Waals surface area (Å²) in [7, 11) is 0. The molecule has 0 aliphatic heterocycles. The average Bonchev–Trinajstić information content (AvgIpc) is 2.46. The van der Waals surface area contributed by atoms with Gasteiger partial charge in [-0.05, 0) is 37.3 Å². The minimum atomic E-state index is -0.0776. The lowest BCUT2D eigenvalue weighted by Crippen LogP contribution is -2.36. The second-order valence-corrected chi connectivity index (χ2v) is 4.88. The van der Waals surface area contributed by atoms with Gasteiger partial charge in [0, 0.05) is 6.54 Å². The van der Waals surface area contributed by atoms with Crippen LogP contribution in [0.15, 0.2) is 18.5 Å². The molecule has 1 aliphatic rings. The molecule has 1 fully saturated rings. The molecule has 0 bridgehead atoms. The Kier molecular flexibility index (Phi) is 4.64. The molecule has 0 saturated heterocycles. The molecular formula is C13H20N4O. The summed E-state index contributed by atoms with van der Waals surface area (Å²) in [5.74, 6) is 0.989. The van der Waals surface area contributed by atoms with Crippen molar-refractivity contribution in [1.29, 1.82) is 0 Å². The highest BCUT2D eigenvalue weighted by atomic mass is 16.1. The van der Waals surface area contributed by atoms with Crippen LogP contribution in [0.4, 0.5) is 0 Å². The summed E-state index contributed by atoms with van der Waals surface area (Å²) in [5, 5.41) is 10.3. The number of nitrogens with zero attached hydrogens (tertiary/aromatic N) is 2. The third-order valence-corrected chi connectivity index (χ3v) is 3.74. The highest BCUT2D eigenvalue weighted by Gasteiger charge is 2.24. The van der Waals surface area contributed by atoms with Crippen LogP contribution in [-0.2, 0) is 0 Å². The van der Waals surface area contributed by atoms with E-state index in [0.717, 1.165) is 13.0 Å². The topological polar surface area (TPSA) is 80.9 Å². The van der Waals surface area contributed by atoms with E-state index in [2.05, 4.69) is 15.5 Å². The number of carbonyl (C=O) groups excluding carboxylic acids is 1. The minimum absolute atomic E-state index is 0.0776. The van der Waals surface area contributed by atoms with Gasteiger partial charge in [-0.2, -0.15) is 10.2 Å². The molecule has 1 aromatic heterocycles. The van der Waals surface area contributed by atoms with Crippen molar-refractivity contribution in [2.24, 2.45) is 17.6 Å². The van der Waals surface area contributed by atoms with Gasteiger partial charge >= 0.3 is 0 Å². The zero-order valence-corrected chi connectivity index (χ0v) is 10.5. The molecule has 0 spiro atoms. The van der Waals surface area contributed by atoms with E-state index in [1.165, 1.54) is 31.7 Å². The van der Waals surface area contributed by atoms with E-state index < -0.39 is 0 Å². The summed E-state index contributed by atoms with van der Waals surface area (Å²) in [6.45, 7) is 1.43. The van der Waals surface area contributed by atoms with Crippen LogP contribution in [0.1, 0.15) is 36.0 Å². The molecule has 98 valence electrons. The number of hydrogen-bond donors (Lipinski definition) is 2. The number of aromatic nitrogens is 2. The van der Waals surface area contributed by atoms with E-state index in [4.69, 9.17) is 5.73 Å². The normalized spacial score (nSPS) is 23.6. The first-order valence-electron chi connectivity index (χ1n) is 6.56. The monoisotopic (exact) mass is 248 g/mol. The smallest absolute Gasteiger partial charge is 0.252 e. The van der Waals surface area contributed by atoms with E-state index in [9.17, 15) is 4.79 Å². The molecule has 3 N–H and O–H groups in total. The van der Waals surface area contributed by atoms with E-state index in [-0.39, 0.29) is 5.91 Å². The minimum Gasteiger partial charge on any atom is -0.352 e. The van der Waals surface area contributed by atoms with Crippen molar-refractivity contribution in [2.45, 2.75) is 25.7 Å². The van der Waals surface area contributed by atoms with Gasteiger partial charge in [0.25, 0.3) is 5.91 Å². The van der Waals surface area contributed by atoms with Gasteiger partial charge in [0.1, 0.15) is 0 Å². The van der Waals surface area contributed by atoms with Crippen molar-refractivity contribution >= 4 is 5.91 Å². The van der Waals surface area contributed by atoms with Crippen molar-refractivity contribution in [3.63, 3.8) is 0 Å². The van der Waals surface area contributed by atoms with Gasteiger partial charge in [-0.1, -0.05) is 12.8 Å². The molecule has 5 heteroatoms. The highest BCUT2D eigenvalue weighted by Crippen LogP contribution is 2.28. The van der Waals surface area contributed by atoms with Crippen LogP contribution < -0.4 is 11.1 Å². The summed E-state index contributed by atoms with van der Waals surface area (Å²) in [6.07, 6.45) is 7.87. The molecule has 0 aromatic carbocycles. The average molecular weight is 248 g/mol. The van der Waals surface area contributed by atoms with Crippen molar-refractivity contribution in [3.05, 3.63) is 24.0 Å². The largest absolute Gasteiger partial charge is 0.352 e. The number of amides is 1. The van der Waals surface area contributed by atoms with Crippen LogP contribution in [-0.4, -0.2) is 29.2 Å². The number of rotatable bonds is 4. The summed E-state index contributed by atoms with van der Waals surface area (Å²) in [6, 6.07) is 1.67. The first kappa shape index (κ1) is 13.0. The summed E-state index contributed by atoms with van der Waals surface area (Å²) >= 11 is 0. The van der Waals surface area contributed by atoms with Crippen molar-refractivity contribution in [3.8, 4) is 0 Å². The SMILES string of the molecule is NCC1CCCCC1CNC(=O)c1ccnnc1. The Labute approximate surface area is 107 Å². The Morgan fingerprint density at radius 3 is 2.78 bits per heavy atom. The fourth-order valence-electron chi connectivity index (χ4n) is 2.61. The quantitative estimate of drug-likeness (QED) is 0.832. The zero-order valence-electron chi connectivity index (χ0n) is 10.5. The molecule has 18 heavy (non-hydrogen) atoms. The maximum atomic E-state index is 11.9. The number of nitrogens with two attached hydrogens (primary N) is 1. The first-order valence-corrected chi connectivity index (χ1v) is 6.56. The standard InChI is InChI=1S/C13H20N4O/c14-7-10-3-1-2-4-11(10)8-15-13(18)12-5-6-16-17-9-12/h5-6,9-11H,1-4,7-8,14H2,(H,15,18). The third kappa shape index (κ3) is 3.26. The number of hydrogen-bond acceptors (Lipinski definition) is 4. The highest BCUT2D eigenvalue weighted by molar-refractivity contribution is 5.93. The molecule has 1 saturated carbocycles. The van der Waals surface area contributed by atoms with Crippen molar-refractivity contribution in [1.82, 2.24) is 15.5 Å². The fourth-order valence-corrected chi connectivity index (χ4v) is 2.61. The predicted molar refractivity (Wildman–Crippen MR) is 68.9 cm³/mol. The van der Waals surface area contributed by atoms with Gasteiger partial charge in [0.15, 0.2) is 0 Å². The Morgan fingerprint density at radius 1 is 1.33 bits per heavy atom. The van der Waals surface area contributed by atoms with Crippen LogP contribution in [0.25, 0.3) is 0 Å². The summed E-state index contributed by atoms with van der Waals surface area (Å²) in [5.41, 5.74) is 6.34. The Morgan fingerprint density at radius 2 is 2.11 bits per heavy atom. The van der Waals surface area contributed by atoms with Crippen molar-refractivity contribution in [2.75, 3.05) is 13.1 Å². The lowest BCUT2D eigenvalue weighted by atomic mass is 9.79. The number of nitrogens with one attached hydrogen (secondary N) is 1. The lowest BCUT2D eigenvalue weighted by molar-refractivity contribution is 0.0934. The second-order valence-electron chi connectivity index (χ2n) is 4.88. The Bertz CT molecular complexity index is 382. The van der Waals surface area contributed by atoms with Gasteiger partial charge in [0.2, 0.25) is 0 Å². The fraction of sp³-hybridized carbons (Fsp3) is 0.615. The van der Waals surface area contributed by atoms with Crippen LogP contribution in [0, 0.1) is 11.8 Å². The van der Waals surface area contributed by atoms with E-state index in [1.807, 2.05) is 0 Å². The zero-order chi connectivity index (χ0) is 12.8. The van der Waals surface area contributed by atoms with Gasteiger partial charge in [-0.15, -0.1) is 0 Å². The van der Waals surface area contributed by atoms with Crippen LogP contribution >= 0.6 is 0 Å². The van der Waals surface area contributed by atoms with Gasteiger partial charge in [-0.25, -0.2) is 0 Å². The maximum absolute atomic E-state index is 11.9. The van der Waals surface area contributed by atoms with Crippen LogP contribution in [0.3, 0.4) is 0 Å². The van der Waals surface area contributed by atoms with E-state index in [1.54, 1.807) is 6.07 Å². The molecule has 5 nitrogen and oxygen atoms in total. The molecule has 1 heterocycles. The lowest BCUT2D eigenvalue weighted by Gasteiger charge is -2.30. The molecule has 2 atom stereocenters. The van der Waals surface area contributed by atoms with E-state index in [0.29, 0.717) is 23.9 Å². The van der Waals surface area contributed by atoms with E-state index >= 15 is 0 Å². The third-order valence-electron chi connectivity index (χ3n) is 3.74. The molecule has 2 rings (SSSR count). The van der Waals surface area contributed by atoms with Gasteiger partial charge in [0.05, 0.1) is 18.0 Å². The summed E-state index contributed by atoms with van der Waals surface area (Å²) < 4.78 is 0. The molecule has 1 aromatic rings. The predicted octanol–water partition coefficient (Wildman–Crippen LogP) is 0.971. The van der Waals surface area contributed by atoms with Gasteiger partial charge < -0.3 is 11.1 Å².